The molecule has 28 heavy (non-hydrogen) atoms. The number of furan rings is 1. The van der Waals surface area contributed by atoms with Crippen LogP contribution in [0.2, 0.25) is 0 Å². The molecule has 150 valence electrons. The van der Waals surface area contributed by atoms with Crippen LogP contribution in [0.3, 0.4) is 0 Å². The van der Waals surface area contributed by atoms with Gasteiger partial charge in [0.15, 0.2) is 0 Å². The van der Waals surface area contributed by atoms with Crippen LogP contribution in [0.1, 0.15) is 24.9 Å². The first-order chi connectivity index (χ1) is 13.2. The van der Waals surface area contributed by atoms with Crippen LogP contribution in [0.15, 0.2) is 45.3 Å². The summed E-state index contributed by atoms with van der Waals surface area (Å²) in [5, 5.41) is 6.21. The van der Waals surface area contributed by atoms with Crippen LogP contribution < -0.4 is 16.1 Å². The molecule has 1 unspecified atom stereocenters. The number of aryl methyl sites for hydroxylation is 2. The Morgan fingerprint density at radius 2 is 1.89 bits per heavy atom. The van der Waals surface area contributed by atoms with Gasteiger partial charge in [0.1, 0.15) is 17.8 Å². The Labute approximate surface area is 171 Å². The number of rotatable bonds is 6. The van der Waals surface area contributed by atoms with Gasteiger partial charge in [-0.15, -0.1) is 0 Å². The Hall–Kier alpha value is -2.81. The van der Waals surface area contributed by atoms with Crippen LogP contribution >= 0.6 is 15.9 Å². The summed E-state index contributed by atoms with van der Waals surface area (Å²) in [4.78, 5) is 35.9. The van der Waals surface area contributed by atoms with Crippen LogP contribution in [0.25, 0.3) is 0 Å². The third kappa shape index (κ3) is 6.41. The van der Waals surface area contributed by atoms with Crippen LogP contribution in [-0.2, 0) is 11.2 Å². The van der Waals surface area contributed by atoms with E-state index in [1.807, 2.05) is 19.1 Å². The first-order valence-corrected chi connectivity index (χ1v) is 9.41. The molecule has 0 radical (unpaired) electrons. The molecule has 2 aromatic rings. The van der Waals surface area contributed by atoms with E-state index in [9.17, 15) is 14.4 Å². The largest absolute Gasteiger partial charge is 0.466 e. The maximum atomic E-state index is 12.3. The average Bonchev–Trinajstić information content (AvgIpc) is 3.07. The number of nitrogens with one attached hydrogen (secondary N) is 3. The Balaban J connectivity index is 1.86. The van der Waals surface area contributed by atoms with Crippen LogP contribution in [0, 0.1) is 6.92 Å². The summed E-state index contributed by atoms with van der Waals surface area (Å²) in [5.74, 6) is 1.52. The van der Waals surface area contributed by atoms with Gasteiger partial charge < -0.3 is 19.8 Å². The third-order valence-corrected chi connectivity index (χ3v) is 4.54. The fourth-order valence-electron chi connectivity index (χ4n) is 2.38. The molecule has 0 aliphatic heterocycles. The van der Waals surface area contributed by atoms with Gasteiger partial charge in [-0.3, -0.25) is 0 Å². The Morgan fingerprint density at radius 3 is 2.46 bits per heavy atom. The van der Waals surface area contributed by atoms with E-state index in [4.69, 9.17) is 4.42 Å². The molecule has 0 bridgehead atoms. The Bertz CT molecular complexity index is 837. The quantitative estimate of drug-likeness (QED) is 0.461. The molecule has 1 atom stereocenters. The second kappa shape index (κ2) is 9.41. The molecule has 1 heterocycles. The number of carbonyl (C=O) groups is 3. The minimum Gasteiger partial charge on any atom is -0.466 e. The predicted octanol–water partition coefficient (Wildman–Crippen LogP) is 3.62. The van der Waals surface area contributed by atoms with Crippen molar-refractivity contribution < 1.29 is 18.8 Å². The highest BCUT2D eigenvalue weighted by atomic mass is 79.9. The van der Waals surface area contributed by atoms with E-state index < -0.39 is 17.6 Å². The lowest BCUT2D eigenvalue weighted by Gasteiger charge is -2.28. The molecule has 0 saturated carbocycles. The average molecular weight is 451 g/mol. The number of carbonyl (C=O) groups excluding carboxylic acids is 3. The molecule has 1 aromatic heterocycles. The van der Waals surface area contributed by atoms with Gasteiger partial charge in [-0.2, -0.15) is 0 Å². The minimum absolute atomic E-state index is 0.355. The molecule has 0 aliphatic rings. The molecule has 4 amide bonds. The van der Waals surface area contributed by atoms with Gasteiger partial charge in [0, 0.05) is 23.6 Å². The first kappa shape index (κ1) is 21.5. The number of anilines is 1. The zero-order valence-corrected chi connectivity index (χ0v) is 17.5. The summed E-state index contributed by atoms with van der Waals surface area (Å²) in [5.41, 5.74) is 1.86. The van der Waals surface area contributed by atoms with Crippen molar-refractivity contribution >= 4 is 40.0 Å². The summed E-state index contributed by atoms with van der Waals surface area (Å²) >= 11 is 3.31. The van der Waals surface area contributed by atoms with Crippen molar-refractivity contribution in [3.8, 4) is 0 Å². The SMILES string of the molecule is Cc1ccc(CCC(C)(C=O)NC(=O)N(C)NC(=O)Nc2ccc(Br)cc2)o1. The van der Waals surface area contributed by atoms with Crippen molar-refractivity contribution in [2.24, 2.45) is 0 Å². The van der Waals surface area contributed by atoms with E-state index in [-0.39, 0.29) is 0 Å². The lowest BCUT2D eigenvalue weighted by molar-refractivity contribution is -0.112. The number of benzene rings is 1. The zero-order valence-electron chi connectivity index (χ0n) is 15.9. The van der Waals surface area contributed by atoms with Gasteiger partial charge in [0.2, 0.25) is 0 Å². The number of hydrazine groups is 1. The van der Waals surface area contributed by atoms with E-state index in [0.29, 0.717) is 24.8 Å². The number of urea groups is 2. The van der Waals surface area contributed by atoms with Gasteiger partial charge in [-0.25, -0.2) is 20.0 Å². The van der Waals surface area contributed by atoms with E-state index >= 15 is 0 Å². The molecule has 1 aromatic carbocycles. The lowest BCUT2D eigenvalue weighted by atomic mass is 9.97. The van der Waals surface area contributed by atoms with Gasteiger partial charge in [0.25, 0.3) is 0 Å². The van der Waals surface area contributed by atoms with Crippen molar-refractivity contribution in [3.05, 3.63) is 52.4 Å². The van der Waals surface area contributed by atoms with Crippen molar-refractivity contribution in [2.45, 2.75) is 32.2 Å². The number of amides is 4. The maximum Gasteiger partial charge on any atom is 0.338 e. The highest BCUT2D eigenvalue weighted by Gasteiger charge is 2.28. The van der Waals surface area contributed by atoms with Crippen molar-refractivity contribution in [1.82, 2.24) is 15.8 Å². The summed E-state index contributed by atoms with van der Waals surface area (Å²) in [6, 6.07) is 9.46. The fraction of sp³-hybridized carbons (Fsp3) is 0.316. The van der Waals surface area contributed by atoms with Gasteiger partial charge in [0.05, 0.1) is 5.54 Å². The van der Waals surface area contributed by atoms with E-state index in [1.54, 1.807) is 31.2 Å². The highest BCUT2D eigenvalue weighted by molar-refractivity contribution is 9.10. The first-order valence-electron chi connectivity index (χ1n) is 8.61. The molecule has 0 aliphatic carbocycles. The van der Waals surface area contributed by atoms with E-state index in [0.717, 1.165) is 21.0 Å². The van der Waals surface area contributed by atoms with E-state index in [1.165, 1.54) is 7.05 Å². The summed E-state index contributed by atoms with van der Waals surface area (Å²) in [7, 11) is 1.39. The van der Waals surface area contributed by atoms with E-state index in [2.05, 4.69) is 32.0 Å². The standard InChI is InChI=1S/C19H23BrN4O4/c1-13-4-9-16(28-13)10-11-19(2,12-25)22-18(27)24(3)23-17(26)21-15-7-5-14(20)6-8-15/h4-9,12H,10-11H2,1-3H3,(H,22,27)(H2,21,23,26). The van der Waals surface area contributed by atoms with Gasteiger partial charge in [-0.1, -0.05) is 15.9 Å². The molecule has 0 saturated heterocycles. The number of aldehydes is 1. The third-order valence-electron chi connectivity index (χ3n) is 4.02. The van der Waals surface area contributed by atoms with Crippen molar-refractivity contribution in [2.75, 3.05) is 12.4 Å². The number of hydrogen-bond acceptors (Lipinski definition) is 4. The molecular formula is C19H23BrN4O4. The van der Waals surface area contributed by atoms with Gasteiger partial charge in [-0.05, 0) is 56.7 Å². The molecule has 0 fully saturated rings. The fourth-order valence-corrected chi connectivity index (χ4v) is 2.64. The number of hydrogen-bond donors (Lipinski definition) is 3. The van der Waals surface area contributed by atoms with Crippen LogP contribution in [0.4, 0.5) is 15.3 Å². The minimum atomic E-state index is -1.10. The number of nitrogens with zero attached hydrogens (tertiary/aromatic N) is 1. The van der Waals surface area contributed by atoms with Crippen LogP contribution in [0.5, 0.6) is 0 Å². The predicted molar refractivity (Wildman–Crippen MR) is 109 cm³/mol. The molecule has 9 heteroatoms. The second-order valence-electron chi connectivity index (χ2n) is 6.61. The molecule has 8 nitrogen and oxygen atoms in total. The Morgan fingerprint density at radius 1 is 1.21 bits per heavy atom. The molecule has 0 spiro atoms. The van der Waals surface area contributed by atoms with Gasteiger partial charge >= 0.3 is 12.1 Å². The smallest absolute Gasteiger partial charge is 0.338 e. The zero-order chi connectivity index (χ0) is 20.7. The summed E-state index contributed by atoms with van der Waals surface area (Å²) in [6.45, 7) is 3.45. The molecule has 3 N–H and O–H groups in total. The topological polar surface area (TPSA) is 104 Å². The second-order valence-corrected chi connectivity index (χ2v) is 7.53. The molecule has 2 rings (SSSR count). The number of halogens is 1. The normalized spacial score (nSPS) is 12.6. The summed E-state index contributed by atoms with van der Waals surface area (Å²) in [6.07, 6.45) is 1.52. The summed E-state index contributed by atoms with van der Waals surface area (Å²) < 4.78 is 6.37. The van der Waals surface area contributed by atoms with Crippen LogP contribution in [-0.4, -0.2) is 35.9 Å². The van der Waals surface area contributed by atoms with Crippen molar-refractivity contribution in [3.63, 3.8) is 0 Å². The monoisotopic (exact) mass is 450 g/mol. The van der Waals surface area contributed by atoms with Crippen molar-refractivity contribution in [1.29, 1.82) is 0 Å². The maximum absolute atomic E-state index is 12.3. The molecular weight excluding hydrogens is 428 g/mol. The Kier molecular flexibility index (Phi) is 7.22. The highest BCUT2D eigenvalue weighted by Crippen LogP contribution is 2.15. The lowest BCUT2D eigenvalue weighted by Crippen LogP contribution is -2.56.